The Labute approximate surface area is 144 Å². The van der Waals surface area contributed by atoms with Crippen LogP contribution in [0.15, 0.2) is 53.0 Å². The fourth-order valence-corrected chi connectivity index (χ4v) is 2.70. The zero-order chi connectivity index (χ0) is 14.8. The number of alkyl halides is 1. The molecule has 0 saturated carbocycles. The Morgan fingerprint density at radius 1 is 1.24 bits per heavy atom. The quantitative estimate of drug-likeness (QED) is 0.752. The van der Waals surface area contributed by atoms with Crippen molar-refractivity contribution in [3.8, 4) is 0 Å². The molecule has 2 atom stereocenters. The Kier molecular flexibility index (Phi) is 6.67. The van der Waals surface area contributed by atoms with Crippen LogP contribution in [0, 0.1) is 0 Å². The van der Waals surface area contributed by atoms with Crippen LogP contribution in [0.4, 0.5) is 4.39 Å². The first kappa shape index (κ1) is 18.4. The van der Waals surface area contributed by atoms with Crippen molar-refractivity contribution in [1.82, 2.24) is 0 Å². The minimum Gasteiger partial charge on any atom is -0.325 e. The van der Waals surface area contributed by atoms with Gasteiger partial charge in [0.05, 0.1) is 0 Å². The van der Waals surface area contributed by atoms with Crippen LogP contribution < -0.4 is 5.73 Å². The van der Waals surface area contributed by atoms with Gasteiger partial charge in [-0.1, -0.05) is 51.8 Å². The van der Waals surface area contributed by atoms with Gasteiger partial charge in [0.25, 0.3) is 0 Å². The van der Waals surface area contributed by atoms with Crippen LogP contribution in [-0.2, 0) is 12.1 Å². The van der Waals surface area contributed by atoms with Crippen molar-refractivity contribution < 1.29 is 4.39 Å². The van der Waals surface area contributed by atoms with Gasteiger partial charge in [-0.3, -0.25) is 0 Å². The van der Waals surface area contributed by atoms with E-state index in [9.17, 15) is 0 Å². The highest BCUT2D eigenvalue weighted by atomic mass is 79.9. The van der Waals surface area contributed by atoms with E-state index in [4.69, 9.17) is 17.3 Å². The predicted octanol–water partition coefficient (Wildman–Crippen LogP) is 5.28. The van der Waals surface area contributed by atoms with Crippen molar-refractivity contribution in [3.63, 3.8) is 0 Å². The number of nitrogens with two attached hydrogens (primary N) is 1. The zero-order valence-electron chi connectivity index (χ0n) is 11.5. The molecule has 0 saturated heterocycles. The Balaban J connectivity index is 0.00000220. The molecule has 2 N–H and O–H groups in total. The van der Waals surface area contributed by atoms with Crippen molar-refractivity contribution in [2.24, 2.45) is 5.73 Å². The molecule has 2 aromatic rings. The lowest BCUT2D eigenvalue weighted by Gasteiger charge is -2.30. The molecule has 0 bridgehead atoms. The van der Waals surface area contributed by atoms with Crippen LogP contribution in [0.3, 0.4) is 0 Å². The van der Waals surface area contributed by atoms with Crippen LogP contribution in [0.1, 0.15) is 18.1 Å². The summed E-state index contributed by atoms with van der Waals surface area (Å²) >= 11 is 9.23. The lowest BCUT2D eigenvalue weighted by Crippen LogP contribution is -2.41. The standard InChI is InChI=1S/C16H16BrClFN.ClH/c1-11(20)16(19,13-3-2-4-14(17)9-13)10-12-5-7-15(18)8-6-12;/h2-9,11H,10,20H2,1H3;1H/t11-,16?;/m0./s1. The van der Waals surface area contributed by atoms with E-state index in [1.165, 1.54) is 0 Å². The first-order valence-corrected chi connectivity index (χ1v) is 7.54. The first-order chi connectivity index (χ1) is 9.41. The highest BCUT2D eigenvalue weighted by Crippen LogP contribution is 2.34. The molecule has 2 rings (SSSR count). The number of rotatable bonds is 4. The van der Waals surface area contributed by atoms with E-state index in [0.29, 0.717) is 10.6 Å². The highest BCUT2D eigenvalue weighted by Gasteiger charge is 2.36. The third-order valence-electron chi connectivity index (χ3n) is 3.40. The second-order valence-electron chi connectivity index (χ2n) is 4.96. The van der Waals surface area contributed by atoms with E-state index in [1.54, 1.807) is 31.2 Å². The summed E-state index contributed by atoms with van der Waals surface area (Å²) in [7, 11) is 0. The molecule has 0 aliphatic rings. The monoisotopic (exact) mass is 391 g/mol. The molecule has 21 heavy (non-hydrogen) atoms. The fraction of sp³-hybridized carbons (Fsp3) is 0.250. The van der Waals surface area contributed by atoms with Gasteiger partial charge < -0.3 is 5.73 Å². The Bertz CT molecular complexity index is 589. The van der Waals surface area contributed by atoms with E-state index >= 15 is 4.39 Å². The van der Waals surface area contributed by atoms with Gasteiger partial charge in [-0.2, -0.15) is 0 Å². The molecule has 1 unspecified atom stereocenters. The van der Waals surface area contributed by atoms with Crippen LogP contribution in [0.5, 0.6) is 0 Å². The summed E-state index contributed by atoms with van der Waals surface area (Å²) in [6.07, 6.45) is 0.221. The maximum absolute atomic E-state index is 15.4. The average molecular weight is 393 g/mol. The molecule has 0 amide bonds. The number of benzene rings is 2. The van der Waals surface area contributed by atoms with Crippen LogP contribution in [-0.4, -0.2) is 6.04 Å². The van der Waals surface area contributed by atoms with Crippen molar-refractivity contribution in [3.05, 3.63) is 69.2 Å². The topological polar surface area (TPSA) is 26.0 Å². The van der Waals surface area contributed by atoms with Gasteiger partial charge in [-0.25, -0.2) is 4.39 Å². The summed E-state index contributed by atoms with van der Waals surface area (Å²) in [6.45, 7) is 1.69. The van der Waals surface area contributed by atoms with E-state index < -0.39 is 11.7 Å². The molecule has 1 nitrogen and oxygen atoms in total. The zero-order valence-corrected chi connectivity index (χ0v) is 14.7. The number of hydrogen-bond donors (Lipinski definition) is 1. The fourth-order valence-electron chi connectivity index (χ4n) is 2.17. The first-order valence-electron chi connectivity index (χ1n) is 6.37. The molecule has 114 valence electrons. The van der Waals surface area contributed by atoms with Gasteiger partial charge >= 0.3 is 0 Å². The number of hydrogen-bond acceptors (Lipinski definition) is 1. The molecule has 0 heterocycles. The van der Waals surface area contributed by atoms with E-state index in [1.807, 2.05) is 24.3 Å². The molecule has 0 aliphatic carbocycles. The molecular weight excluding hydrogens is 376 g/mol. The maximum Gasteiger partial charge on any atom is 0.154 e. The van der Waals surface area contributed by atoms with Gasteiger partial charge in [-0.05, 0) is 42.3 Å². The van der Waals surface area contributed by atoms with Gasteiger partial charge in [0, 0.05) is 22.0 Å². The van der Waals surface area contributed by atoms with Gasteiger partial charge in [0.2, 0.25) is 0 Å². The summed E-state index contributed by atoms with van der Waals surface area (Å²) < 4.78 is 16.3. The third kappa shape index (κ3) is 4.43. The van der Waals surface area contributed by atoms with E-state index in [-0.39, 0.29) is 18.8 Å². The molecule has 0 aromatic heterocycles. The van der Waals surface area contributed by atoms with Gasteiger partial charge in [0.1, 0.15) is 0 Å². The second-order valence-corrected chi connectivity index (χ2v) is 6.32. The maximum atomic E-state index is 15.4. The normalized spacial score (nSPS) is 14.9. The summed E-state index contributed by atoms with van der Waals surface area (Å²) in [5, 5.41) is 0.640. The minimum absolute atomic E-state index is 0. The molecule has 5 heteroatoms. The van der Waals surface area contributed by atoms with Crippen LogP contribution in [0.2, 0.25) is 5.02 Å². The predicted molar refractivity (Wildman–Crippen MR) is 93.0 cm³/mol. The van der Waals surface area contributed by atoms with E-state index in [0.717, 1.165) is 10.0 Å². The summed E-state index contributed by atoms with van der Waals surface area (Å²) in [5.41, 5.74) is 5.75. The lowest BCUT2D eigenvalue weighted by atomic mass is 9.84. The summed E-state index contributed by atoms with van der Waals surface area (Å²) in [4.78, 5) is 0. The minimum atomic E-state index is -1.61. The molecule has 0 fully saturated rings. The van der Waals surface area contributed by atoms with Gasteiger partial charge in [0.15, 0.2) is 5.67 Å². The molecule has 2 aromatic carbocycles. The van der Waals surface area contributed by atoms with Gasteiger partial charge in [-0.15, -0.1) is 12.4 Å². The third-order valence-corrected chi connectivity index (χ3v) is 4.15. The van der Waals surface area contributed by atoms with Crippen molar-refractivity contribution >= 4 is 39.9 Å². The Morgan fingerprint density at radius 2 is 1.86 bits per heavy atom. The molecule has 0 aliphatic heterocycles. The Hall–Kier alpha value is -0.610. The van der Waals surface area contributed by atoms with Crippen molar-refractivity contribution in [2.75, 3.05) is 0 Å². The molecule has 0 spiro atoms. The highest BCUT2D eigenvalue weighted by molar-refractivity contribution is 9.10. The summed E-state index contributed by atoms with van der Waals surface area (Å²) in [6, 6.07) is 13.8. The number of halogens is 4. The van der Waals surface area contributed by atoms with Crippen LogP contribution in [0.25, 0.3) is 0 Å². The second kappa shape index (κ2) is 7.59. The molecular formula is C16H17BrCl2FN. The average Bonchev–Trinajstić information content (AvgIpc) is 2.41. The van der Waals surface area contributed by atoms with E-state index in [2.05, 4.69) is 15.9 Å². The molecule has 0 radical (unpaired) electrons. The van der Waals surface area contributed by atoms with Crippen molar-refractivity contribution in [2.45, 2.75) is 25.1 Å². The van der Waals surface area contributed by atoms with Crippen LogP contribution >= 0.6 is 39.9 Å². The lowest BCUT2D eigenvalue weighted by molar-refractivity contribution is 0.132. The summed E-state index contributed by atoms with van der Waals surface area (Å²) in [5.74, 6) is 0. The largest absolute Gasteiger partial charge is 0.325 e. The van der Waals surface area contributed by atoms with Crippen molar-refractivity contribution in [1.29, 1.82) is 0 Å². The Morgan fingerprint density at radius 3 is 2.38 bits per heavy atom. The SMILES string of the molecule is C[C@H](N)C(F)(Cc1ccc(Cl)cc1)c1cccc(Br)c1.Cl. The smallest absolute Gasteiger partial charge is 0.154 e.